The van der Waals surface area contributed by atoms with Crippen molar-refractivity contribution in [1.29, 1.82) is 0 Å². The molecule has 0 atom stereocenters. The topological polar surface area (TPSA) is 37.8 Å². The van der Waals surface area contributed by atoms with E-state index in [-0.39, 0.29) is 0 Å². The van der Waals surface area contributed by atoms with Crippen LogP contribution in [0.4, 0.5) is 11.5 Å². The first-order valence-electron chi connectivity index (χ1n) is 4.18. The van der Waals surface area contributed by atoms with Crippen molar-refractivity contribution in [1.82, 2.24) is 8.75 Å². The summed E-state index contributed by atoms with van der Waals surface area (Å²) in [6.07, 6.45) is 0. The van der Waals surface area contributed by atoms with Crippen LogP contribution in [0.3, 0.4) is 0 Å². The van der Waals surface area contributed by atoms with Gasteiger partial charge in [-0.15, -0.1) is 0 Å². The third-order valence-corrected chi connectivity index (χ3v) is 3.41. The van der Waals surface area contributed by atoms with Gasteiger partial charge < -0.3 is 5.32 Å². The predicted molar refractivity (Wildman–Crippen MR) is 67.1 cm³/mol. The first kappa shape index (κ1) is 10.9. The molecule has 1 N–H and O–H groups in total. The molecule has 0 fully saturated rings. The minimum Gasteiger partial charge on any atom is -0.336 e. The number of aryl methyl sites for hydroxylation is 1. The van der Waals surface area contributed by atoms with Crippen molar-refractivity contribution in [2.24, 2.45) is 0 Å². The van der Waals surface area contributed by atoms with Crippen LogP contribution >= 0.6 is 39.3 Å². The first-order chi connectivity index (χ1) is 7.16. The van der Waals surface area contributed by atoms with E-state index in [4.69, 9.17) is 11.6 Å². The molecule has 0 bridgehead atoms. The van der Waals surface area contributed by atoms with Gasteiger partial charge in [0.15, 0.2) is 11.0 Å². The van der Waals surface area contributed by atoms with Gasteiger partial charge in [0.05, 0.1) is 17.4 Å². The molecule has 2 rings (SSSR count). The molecule has 1 aromatic carbocycles. The van der Waals surface area contributed by atoms with Crippen LogP contribution in [0.25, 0.3) is 0 Å². The van der Waals surface area contributed by atoms with E-state index in [1.165, 1.54) is 5.56 Å². The summed E-state index contributed by atoms with van der Waals surface area (Å²) in [7, 11) is 0. The molecular formula is C9H7BrClN3S. The lowest BCUT2D eigenvalue weighted by Crippen LogP contribution is -1.92. The summed E-state index contributed by atoms with van der Waals surface area (Å²) < 4.78 is 8.90. The van der Waals surface area contributed by atoms with Crippen LogP contribution in [0.5, 0.6) is 0 Å². The van der Waals surface area contributed by atoms with Gasteiger partial charge in [0.1, 0.15) is 0 Å². The molecule has 0 amide bonds. The number of aromatic nitrogens is 2. The second-order valence-corrected chi connectivity index (χ2v) is 4.75. The van der Waals surface area contributed by atoms with Gasteiger partial charge in [-0.2, -0.15) is 8.75 Å². The van der Waals surface area contributed by atoms with E-state index in [9.17, 15) is 0 Å². The fourth-order valence-electron chi connectivity index (χ4n) is 1.11. The van der Waals surface area contributed by atoms with Gasteiger partial charge in [0.25, 0.3) is 0 Å². The number of rotatable bonds is 2. The lowest BCUT2D eigenvalue weighted by Gasteiger charge is -2.06. The Morgan fingerprint density at radius 3 is 2.87 bits per heavy atom. The molecule has 3 nitrogen and oxygen atoms in total. The number of halogens is 2. The predicted octanol–water partition coefficient (Wildman–Crippen LogP) is 4.01. The van der Waals surface area contributed by atoms with Gasteiger partial charge in [-0.05, 0) is 40.5 Å². The summed E-state index contributed by atoms with van der Waals surface area (Å²) in [6.45, 7) is 2.03. The van der Waals surface area contributed by atoms with Crippen LogP contribution in [0.2, 0.25) is 5.15 Å². The first-order valence-corrected chi connectivity index (χ1v) is 6.08. The van der Waals surface area contributed by atoms with Crippen molar-refractivity contribution in [2.45, 2.75) is 6.92 Å². The minimum absolute atomic E-state index is 0.397. The van der Waals surface area contributed by atoms with Gasteiger partial charge in [0, 0.05) is 4.47 Å². The molecule has 0 aliphatic rings. The van der Waals surface area contributed by atoms with Gasteiger partial charge in [-0.25, -0.2) is 0 Å². The highest BCUT2D eigenvalue weighted by molar-refractivity contribution is 9.10. The third kappa shape index (κ3) is 2.48. The van der Waals surface area contributed by atoms with Crippen molar-refractivity contribution >= 4 is 50.8 Å². The molecule has 1 heterocycles. The number of benzene rings is 1. The number of hydrogen-bond acceptors (Lipinski definition) is 4. The van der Waals surface area contributed by atoms with Gasteiger partial charge in [-0.3, -0.25) is 0 Å². The summed E-state index contributed by atoms with van der Waals surface area (Å²) in [6, 6.07) is 6.02. The van der Waals surface area contributed by atoms with E-state index in [1.807, 2.05) is 25.1 Å². The van der Waals surface area contributed by atoms with Crippen molar-refractivity contribution in [3.05, 3.63) is 33.4 Å². The van der Waals surface area contributed by atoms with E-state index < -0.39 is 0 Å². The van der Waals surface area contributed by atoms with Crippen molar-refractivity contribution in [3.63, 3.8) is 0 Å². The molecule has 0 spiro atoms. The Morgan fingerprint density at radius 2 is 2.20 bits per heavy atom. The van der Waals surface area contributed by atoms with Crippen LogP contribution in [0.15, 0.2) is 22.7 Å². The molecule has 0 unspecified atom stereocenters. The highest BCUT2D eigenvalue weighted by Gasteiger charge is 2.07. The molecule has 0 saturated carbocycles. The zero-order chi connectivity index (χ0) is 10.8. The van der Waals surface area contributed by atoms with Gasteiger partial charge >= 0.3 is 0 Å². The van der Waals surface area contributed by atoms with Crippen molar-refractivity contribution in [3.8, 4) is 0 Å². The molecule has 0 aliphatic heterocycles. The molecule has 0 radical (unpaired) electrons. The van der Waals surface area contributed by atoms with Gasteiger partial charge in [0.2, 0.25) is 0 Å². The normalized spacial score (nSPS) is 10.3. The van der Waals surface area contributed by atoms with Crippen LogP contribution in [0.1, 0.15) is 5.56 Å². The lowest BCUT2D eigenvalue weighted by atomic mass is 10.2. The number of nitrogens with zero attached hydrogens (tertiary/aromatic N) is 2. The monoisotopic (exact) mass is 303 g/mol. The fraction of sp³-hybridized carbons (Fsp3) is 0.111. The van der Waals surface area contributed by atoms with E-state index in [0.717, 1.165) is 21.9 Å². The second-order valence-electron chi connectivity index (χ2n) is 3.01. The Labute approximate surface area is 105 Å². The minimum atomic E-state index is 0.397. The van der Waals surface area contributed by atoms with Crippen LogP contribution in [-0.2, 0) is 0 Å². The summed E-state index contributed by atoms with van der Waals surface area (Å²) in [5, 5.41) is 3.52. The molecule has 78 valence electrons. The van der Waals surface area contributed by atoms with Crippen LogP contribution in [-0.4, -0.2) is 8.75 Å². The zero-order valence-corrected chi connectivity index (χ0v) is 10.9. The lowest BCUT2D eigenvalue weighted by molar-refractivity contribution is 1.40. The fourth-order valence-corrected chi connectivity index (χ4v) is 2.11. The number of nitrogens with one attached hydrogen (secondary N) is 1. The summed E-state index contributed by atoms with van der Waals surface area (Å²) in [5.74, 6) is 0.591. The molecule has 1 aromatic heterocycles. The molecule has 0 saturated heterocycles. The van der Waals surface area contributed by atoms with Crippen LogP contribution < -0.4 is 5.32 Å². The Kier molecular flexibility index (Phi) is 3.23. The Morgan fingerprint density at radius 1 is 1.40 bits per heavy atom. The zero-order valence-electron chi connectivity index (χ0n) is 7.79. The Bertz CT molecular complexity index is 486. The third-order valence-electron chi connectivity index (χ3n) is 1.82. The quantitative estimate of drug-likeness (QED) is 0.911. The maximum Gasteiger partial charge on any atom is 0.187 e. The van der Waals surface area contributed by atoms with E-state index in [0.29, 0.717) is 11.0 Å². The standard InChI is InChI=1S/C9H7BrClN3S/c1-5-2-3-6(10)7(4-5)12-9-8(11)13-15-14-9/h2-4H,1H3,(H,12,14). The smallest absolute Gasteiger partial charge is 0.187 e. The van der Waals surface area contributed by atoms with Crippen LogP contribution in [0, 0.1) is 6.92 Å². The van der Waals surface area contributed by atoms with Gasteiger partial charge in [-0.1, -0.05) is 17.7 Å². The van der Waals surface area contributed by atoms with E-state index in [1.54, 1.807) is 0 Å². The average Bonchev–Trinajstić information content (AvgIpc) is 2.58. The summed E-state index contributed by atoms with van der Waals surface area (Å²) >= 11 is 10.4. The maximum atomic E-state index is 5.84. The van der Waals surface area contributed by atoms with E-state index in [2.05, 4.69) is 30.0 Å². The van der Waals surface area contributed by atoms with Crippen molar-refractivity contribution in [2.75, 3.05) is 5.32 Å². The summed E-state index contributed by atoms with van der Waals surface area (Å²) in [5.41, 5.74) is 2.10. The number of hydrogen-bond donors (Lipinski definition) is 1. The highest BCUT2D eigenvalue weighted by atomic mass is 79.9. The molecule has 15 heavy (non-hydrogen) atoms. The van der Waals surface area contributed by atoms with Crippen molar-refractivity contribution < 1.29 is 0 Å². The highest BCUT2D eigenvalue weighted by Crippen LogP contribution is 2.29. The SMILES string of the molecule is Cc1ccc(Br)c(Nc2nsnc2Cl)c1. The maximum absolute atomic E-state index is 5.84. The average molecular weight is 305 g/mol. The number of anilines is 2. The molecule has 0 aliphatic carbocycles. The van der Waals surface area contributed by atoms with E-state index >= 15 is 0 Å². The molecule has 2 aromatic rings. The second kappa shape index (κ2) is 4.47. The summed E-state index contributed by atoms with van der Waals surface area (Å²) in [4.78, 5) is 0. The Hall–Kier alpha value is -0.650. The largest absolute Gasteiger partial charge is 0.336 e. The molecule has 6 heteroatoms. The molecular weight excluding hydrogens is 298 g/mol. The Balaban J connectivity index is 2.32.